The molecule has 0 aromatic carbocycles. The third-order valence-corrected chi connectivity index (χ3v) is 15.3. The standard InChI is InChI=1S/C46H78N2O36/c1-10(55)47-19-26(62)35(16(7-53)73-40(19)71)80-41-20(48-11(2)56)27(63)36(17(8-54)78-41)81-44-34(70)37(25(61)18(79-44)9-72-42-32(68)28(64)21(57)12(3-49)74-42)82-45-39(31(67)24(60)14(5-51)76-45)84-46-38(30(66)23(59)15(6-52)77-46)83-43-33(69)29(65)22(58)13(4-50)75-43/h12-46,49-54,57-71H,3-9H2,1-2H3,(H,47,55)(H,48,56)/t12-,13-,14-,15-,16-,17-,18-,19-,20-,21-,22-,23-,24-,25-,26-,27-,28+,29+,30+,31+,32+,33+,34+,35-,36-,37+,38+,39+,40-,41+,42+,43-,44+,45-,46-/m1/s1. The Morgan fingerprint density at radius 3 is 1.12 bits per heavy atom. The van der Waals surface area contributed by atoms with E-state index >= 15 is 0 Å². The van der Waals surface area contributed by atoms with E-state index in [1.165, 1.54) is 0 Å². The Morgan fingerprint density at radius 1 is 0.310 bits per heavy atom. The van der Waals surface area contributed by atoms with Crippen molar-refractivity contribution in [1.82, 2.24) is 10.6 Å². The number of hydrogen-bond acceptors (Lipinski definition) is 36. The van der Waals surface area contributed by atoms with Crippen molar-refractivity contribution in [1.29, 1.82) is 0 Å². The molecule has 7 rings (SSSR count). The molecule has 0 aromatic rings. The van der Waals surface area contributed by atoms with E-state index in [1.54, 1.807) is 0 Å². The summed E-state index contributed by atoms with van der Waals surface area (Å²) in [6.45, 7) is -5.03. The molecule has 7 saturated heterocycles. The van der Waals surface area contributed by atoms with Crippen LogP contribution in [0, 0.1) is 0 Å². The third-order valence-electron chi connectivity index (χ3n) is 15.3. The lowest BCUT2D eigenvalue weighted by Crippen LogP contribution is -2.70. The summed E-state index contributed by atoms with van der Waals surface area (Å²) in [6, 6.07) is -3.39. The summed E-state index contributed by atoms with van der Waals surface area (Å²) < 4.78 is 75.0. The summed E-state index contributed by atoms with van der Waals surface area (Å²) >= 11 is 0. The lowest BCUT2D eigenvalue weighted by Gasteiger charge is -2.51. The average Bonchev–Trinajstić information content (AvgIpc) is 2.60. The monoisotopic (exact) mass is 1230 g/mol. The quantitative estimate of drug-likeness (QED) is 0.0507. The summed E-state index contributed by atoms with van der Waals surface area (Å²) in [5, 5.41) is 232. The number of nitrogens with one attached hydrogen (secondary N) is 2. The Hall–Kier alpha value is -2.42. The minimum Gasteiger partial charge on any atom is -0.394 e. The van der Waals surface area contributed by atoms with Gasteiger partial charge in [-0.05, 0) is 0 Å². The van der Waals surface area contributed by atoms with Crippen molar-refractivity contribution in [3.05, 3.63) is 0 Å². The molecule has 0 radical (unpaired) electrons. The zero-order valence-electron chi connectivity index (χ0n) is 44.7. The van der Waals surface area contributed by atoms with E-state index in [4.69, 9.17) is 61.6 Å². The lowest BCUT2D eigenvalue weighted by atomic mass is 9.94. The molecule has 0 spiro atoms. The first-order valence-electron chi connectivity index (χ1n) is 26.6. The lowest BCUT2D eigenvalue weighted by molar-refractivity contribution is -0.407. The maximum Gasteiger partial charge on any atom is 0.217 e. The minimum atomic E-state index is -2.43. The molecule has 0 unspecified atom stereocenters. The third kappa shape index (κ3) is 14.7. The molecule has 35 atom stereocenters. The van der Waals surface area contributed by atoms with E-state index in [0.717, 1.165) is 13.8 Å². The van der Waals surface area contributed by atoms with Gasteiger partial charge >= 0.3 is 0 Å². The summed E-state index contributed by atoms with van der Waals surface area (Å²) in [7, 11) is 0. The second-order valence-corrected chi connectivity index (χ2v) is 21.1. The van der Waals surface area contributed by atoms with Gasteiger partial charge in [-0.1, -0.05) is 0 Å². The first-order chi connectivity index (χ1) is 39.7. The van der Waals surface area contributed by atoms with E-state index in [9.17, 15) is 117 Å². The highest BCUT2D eigenvalue weighted by Gasteiger charge is 2.59. The van der Waals surface area contributed by atoms with Gasteiger partial charge in [-0.2, -0.15) is 0 Å². The molecular weight excluding hydrogens is 1160 g/mol. The van der Waals surface area contributed by atoms with Crippen molar-refractivity contribution in [3.63, 3.8) is 0 Å². The Kier molecular flexibility index (Phi) is 24.6. The van der Waals surface area contributed by atoms with Gasteiger partial charge in [0, 0.05) is 13.8 Å². The Bertz CT molecular complexity index is 2060. The molecule has 0 bridgehead atoms. The van der Waals surface area contributed by atoms with Crippen LogP contribution in [0.5, 0.6) is 0 Å². The summed E-state index contributed by atoms with van der Waals surface area (Å²) in [6.07, 6.45) is -66.5. The Morgan fingerprint density at radius 2 is 0.643 bits per heavy atom. The highest BCUT2D eigenvalue weighted by atomic mass is 16.8. The van der Waals surface area contributed by atoms with Gasteiger partial charge in [0.2, 0.25) is 11.8 Å². The van der Waals surface area contributed by atoms with Gasteiger partial charge in [0.25, 0.3) is 0 Å². The highest BCUT2D eigenvalue weighted by Crippen LogP contribution is 2.38. The van der Waals surface area contributed by atoms with Crippen LogP contribution in [0.15, 0.2) is 0 Å². The fourth-order valence-corrected chi connectivity index (χ4v) is 10.7. The molecule has 7 aliphatic heterocycles. The summed E-state index contributed by atoms with van der Waals surface area (Å²) in [5.41, 5.74) is 0. The Labute approximate surface area is 475 Å². The molecule has 84 heavy (non-hydrogen) atoms. The molecule has 38 nitrogen and oxygen atoms in total. The van der Waals surface area contributed by atoms with E-state index in [0.29, 0.717) is 0 Å². The fraction of sp³-hybridized carbons (Fsp3) is 0.957. The van der Waals surface area contributed by atoms with Gasteiger partial charge < -0.3 is 179 Å². The zero-order chi connectivity index (χ0) is 61.9. The molecule has 7 heterocycles. The normalized spacial score (nSPS) is 50.3. The molecule has 7 fully saturated rings. The topological polar surface area (TPSA) is 603 Å². The van der Waals surface area contributed by atoms with Gasteiger partial charge in [-0.25, -0.2) is 0 Å². The van der Waals surface area contributed by atoms with E-state index in [-0.39, 0.29) is 0 Å². The number of carbonyl (C=O) groups is 2. The molecule has 23 N–H and O–H groups in total. The maximum atomic E-state index is 12.7. The first kappa shape index (κ1) is 69.1. The zero-order valence-corrected chi connectivity index (χ0v) is 44.7. The molecule has 38 heteroatoms. The second-order valence-electron chi connectivity index (χ2n) is 21.1. The molecule has 0 aromatic heterocycles. The number of ether oxygens (including phenoxy) is 13. The van der Waals surface area contributed by atoms with Crippen molar-refractivity contribution < 1.29 is 178 Å². The first-order valence-corrected chi connectivity index (χ1v) is 26.6. The van der Waals surface area contributed by atoms with Gasteiger partial charge in [0.05, 0.1) is 46.2 Å². The van der Waals surface area contributed by atoms with Crippen LogP contribution >= 0.6 is 0 Å². The number of carbonyl (C=O) groups excluding carboxylic acids is 2. The summed E-state index contributed by atoms with van der Waals surface area (Å²) in [5.74, 6) is -1.62. The Balaban J connectivity index is 1.21. The number of rotatable bonds is 21. The van der Waals surface area contributed by atoms with Gasteiger partial charge in [0.1, 0.15) is 171 Å². The number of amides is 2. The van der Waals surface area contributed by atoms with Crippen molar-refractivity contribution >= 4 is 11.8 Å². The van der Waals surface area contributed by atoms with Crippen molar-refractivity contribution in [2.24, 2.45) is 0 Å². The molecule has 0 aliphatic carbocycles. The second kappa shape index (κ2) is 29.9. The van der Waals surface area contributed by atoms with Crippen molar-refractivity contribution in [2.75, 3.05) is 46.2 Å². The number of hydrogen-bond donors (Lipinski definition) is 23. The van der Waals surface area contributed by atoms with E-state index < -0.39 is 273 Å². The minimum absolute atomic E-state index is 0.742. The number of aliphatic hydroxyl groups excluding tert-OH is 21. The average molecular weight is 1240 g/mol. The van der Waals surface area contributed by atoms with Crippen molar-refractivity contribution in [2.45, 2.75) is 229 Å². The van der Waals surface area contributed by atoms with Crippen LogP contribution in [0.2, 0.25) is 0 Å². The van der Waals surface area contributed by atoms with E-state index in [1.807, 2.05) is 0 Å². The van der Waals surface area contributed by atoms with Gasteiger partial charge in [-0.15, -0.1) is 0 Å². The summed E-state index contributed by atoms with van der Waals surface area (Å²) in [4.78, 5) is 24.7. The van der Waals surface area contributed by atoms with Crippen LogP contribution in [-0.4, -0.2) is 380 Å². The molecule has 2 amide bonds. The maximum absolute atomic E-state index is 12.7. The van der Waals surface area contributed by atoms with Crippen molar-refractivity contribution in [3.8, 4) is 0 Å². The largest absolute Gasteiger partial charge is 0.394 e. The predicted molar refractivity (Wildman–Crippen MR) is 255 cm³/mol. The van der Waals surface area contributed by atoms with E-state index in [2.05, 4.69) is 10.6 Å². The van der Waals surface area contributed by atoms with Crippen LogP contribution in [0.25, 0.3) is 0 Å². The molecule has 7 aliphatic rings. The highest BCUT2D eigenvalue weighted by molar-refractivity contribution is 5.73. The van der Waals surface area contributed by atoms with Crippen LogP contribution in [0.4, 0.5) is 0 Å². The smallest absolute Gasteiger partial charge is 0.217 e. The van der Waals surface area contributed by atoms with Crippen LogP contribution < -0.4 is 10.6 Å². The van der Waals surface area contributed by atoms with Gasteiger partial charge in [0.15, 0.2) is 44.0 Å². The van der Waals surface area contributed by atoms with Crippen LogP contribution in [0.3, 0.4) is 0 Å². The molecular formula is C46H78N2O36. The van der Waals surface area contributed by atoms with Gasteiger partial charge in [-0.3, -0.25) is 9.59 Å². The van der Waals surface area contributed by atoms with Crippen LogP contribution in [0.1, 0.15) is 13.8 Å². The fourth-order valence-electron chi connectivity index (χ4n) is 10.7. The SMILES string of the molecule is CC(=O)N[C@@H]1[C@@H](O)[C@H](O[C@@H]2O[C@H](CO)[C@@H](O[C@@H]3O[C@H](CO[C@H]4O[C@H](CO)[C@@H](O)[C@H](O)[C@@H]4O)[C@@H](O)[C@H](O[C@H]4O[C@H](CO)[C@@H](O)[C@H](O)[C@@H]4O[C@H]4O[C@H](CO)[C@@H](O)[C@H](O)[C@@H]4O[C@H]4O[C@H](CO)[C@@H](O)[C@H](O)[C@@H]4O)[C@@H]3O)[C@H](O)[C@H]2NC(C)=O)[C@@H](CO)O[C@H]1O. The number of aliphatic hydroxyl groups is 21. The molecule has 488 valence electrons. The predicted octanol–water partition coefficient (Wildman–Crippen LogP) is -16.0. The van der Waals surface area contributed by atoms with Crippen LogP contribution in [-0.2, 0) is 71.2 Å². The molecule has 0 saturated carbocycles.